The van der Waals surface area contributed by atoms with Crippen LogP contribution in [0.4, 0.5) is 0 Å². The summed E-state index contributed by atoms with van der Waals surface area (Å²) in [6.07, 6.45) is 3.48. The Hall–Kier alpha value is 0.500. The standard InChI is InChI=1S/C6H7NO2S2.C6H6NO2S2.C2H6O4S.2Na/c1-10-6(11-2)4(3-7)5(8)9;1-2-9-5(8)4(3-7)6(10)11;1-5-7(3,4)6-2;;/h1-2H3,(H,8,9);2H2,1H3,(H,10,11);1-2H3;;/q;-1;;2*+1/p-1. The van der Waals surface area contributed by atoms with Crippen LogP contribution in [-0.2, 0) is 45.7 Å². The molecule has 0 radical (unpaired) electrons. The Morgan fingerprint density at radius 3 is 1.74 bits per heavy atom. The predicted molar refractivity (Wildman–Crippen MR) is 119 cm³/mol. The summed E-state index contributed by atoms with van der Waals surface area (Å²) < 4.78 is 32.4. The van der Waals surface area contributed by atoms with Crippen molar-refractivity contribution in [2.75, 3.05) is 33.3 Å². The minimum atomic E-state index is -3.66. The van der Waals surface area contributed by atoms with Crippen molar-refractivity contribution < 1.29 is 95.3 Å². The molecule has 0 spiro atoms. The van der Waals surface area contributed by atoms with Crippen LogP contribution in [0.15, 0.2) is 15.4 Å². The number of nitrogens with zero attached hydrogens (tertiary/aromatic N) is 2. The summed E-state index contributed by atoms with van der Waals surface area (Å²) in [5.41, 5.74) is -0.443. The van der Waals surface area contributed by atoms with Crippen LogP contribution in [0.3, 0.4) is 0 Å². The van der Waals surface area contributed by atoms with Crippen LogP contribution in [-0.4, -0.2) is 68.9 Å². The number of carboxylic acid groups (broad SMARTS) is 1. The zero-order chi connectivity index (χ0) is 23.6. The molecule has 0 aromatic rings. The SMILES string of the molecule is CCOC(=O)C(=C=[N-])C(=S)[S-].COS(=O)(=O)OC.CSC(SC)=C(C#N)C(=O)O.[Na+].[Na+]. The maximum Gasteiger partial charge on any atom is 1.00 e. The van der Waals surface area contributed by atoms with Gasteiger partial charge in [0.05, 0.1) is 30.6 Å². The molecule has 0 bridgehead atoms. The third kappa shape index (κ3) is 22.1. The Labute approximate surface area is 245 Å². The van der Waals surface area contributed by atoms with Gasteiger partial charge in [0.15, 0.2) is 5.57 Å². The van der Waals surface area contributed by atoms with Gasteiger partial charge in [0.1, 0.15) is 6.07 Å². The molecule has 0 heterocycles. The molecule has 0 saturated heterocycles. The Balaban J connectivity index is -0.000000108. The van der Waals surface area contributed by atoms with E-state index in [9.17, 15) is 18.0 Å². The first-order chi connectivity index (χ1) is 13.4. The molecule has 0 aliphatic heterocycles. The van der Waals surface area contributed by atoms with Crippen LogP contribution in [0.2, 0.25) is 0 Å². The molecule has 0 aliphatic rings. The van der Waals surface area contributed by atoms with E-state index in [0.29, 0.717) is 4.24 Å². The summed E-state index contributed by atoms with van der Waals surface area (Å²) >= 11 is 11.5. The molecule has 0 unspecified atom stereocenters. The van der Waals surface area contributed by atoms with Crippen molar-refractivity contribution in [3.8, 4) is 6.07 Å². The van der Waals surface area contributed by atoms with Crippen molar-refractivity contribution in [3.63, 3.8) is 0 Å². The van der Waals surface area contributed by atoms with Gasteiger partial charge in [-0.1, -0.05) is 0 Å². The number of carboxylic acids is 1. The van der Waals surface area contributed by atoms with E-state index in [1.54, 1.807) is 31.4 Å². The maximum absolute atomic E-state index is 10.8. The summed E-state index contributed by atoms with van der Waals surface area (Å²) in [5.74, 6) is -0.319. The number of rotatable bonds is 8. The molecule has 17 heteroatoms. The van der Waals surface area contributed by atoms with Gasteiger partial charge in [0.2, 0.25) is 0 Å². The fourth-order valence-corrected chi connectivity index (χ4v) is 2.65. The quantitative estimate of drug-likeness (QED) is 0.0590. The van der Waals surface area contributed by atoms with Gasteiger partial charge in [0, 0.05) is 0 Å². The molecular formula is C14H18N2Na2O8S5. The average molecular weight is 549 g/mol. The molecular weight excluding hydrogens is 530 g/mol. The first-order valence-corrected chi connectivity index (χ1v) is 11.5. The largest absolute Gasteiger partial charge is 1.00 e. The molecule has 164 valence electrons. The normalized spacial score (nSPS) is 8.52. The monoisotopic (exact) mass is 548 g/mol. The van der Waals surface area contributed by atoms with Crippen molar-refractivity contribution in [1.29, 1.82) is 5.26 Å². The Morgan fingerprint density at radius 2 is 1.61 bits per heavy atom. The summed E-state index contributed by atoms with van der Waals surface area (Å²) in [4.78, 5) is 21.2. The van der Waals surface area contributed by atoms with Gasteiger partial charge in [0.25, 0.3) is 0 Å². The Bertz CT molecular complexity index is 790. The van der Waals surface area contributed by atoms with Crippen molar-refractivity contribution >= 4 is 80.8 Å². The minimum Gasteiger partial charge on any atom is -0.763 e. The first-order valence-electron chi connectivity index (χ1n) is 6.90. The fraction of sp³-hybridized carbons (Fsp3) is 0.429. The van der Waals surface area contributed by atoms with Gasteiger partial charge in [-0.2, -0.15) is 13.7 Å². The van der Waals surface area contributed by atoms with E-state index in [1.807, 2.05) is 0 Å². The second-order valence-electron chi connectivity index (χ2n) is 3.72. The van der Waals surface area contributed by atoms with Gasteiger partial charge in [-0.05, 0) is 19.4 Å². The van der Waals surface area contributed by atoms with E-state index in [0.717, 1.165) is 14.2 Å². The third-order valence-corrected chi connectivity index (χ3v) is 5.48. The smallest absolute Gasteiger partial charge is 0.763 e. The van der Waals surface area contributed by atoms with E-state index in [4.69, 9.17) is 15.8 Å². The van der Waals surface area contributed by atoms with E-state index in [1.165, 1.54) is 23.5 Å². The van der Waals surface area contributed by atoms with Crippen LogP contribution >= 0.6 is 35.7 Å². The molecule has 0 aromatic carbocycles. The zero-order valence-electron chi connectivity index (χ0n) is 17.9. The molecule has 1 N–H and O–H groups in total. The van der Waals surface area contributed by atoms with Crippen LogP contribution in [0.5, 0.6) is 0 Å². The van der Waals surface area contributed by atoms with Crippen LogP contribution in [0.1, 0.15) is 6.92 Å². The fourth-order valence-electron chi connectivity index (χ4n) is 0.914. The zero-order valence-corrected chi connectivity index (χ0v) is 26.0. The number of nitriles is 1. The van der Waals surface area contributed by atoms with Gasteiger partial charge in [-0.15, -0.1) is 27.7 Å². The Morgan fingerprint density at radius 1 is 1.19 bits per heavy atom. The number of hydrogen-bond donors (Lipinski definition) is 1. The van der Waals surface area contributed by atoms with Crippen molar-refractivity contribution in [2.45, 2.75) is 6.92 Å². The van der Waals surface area contributed by atoms with Gasteiger partial charge >= 0.3 is 81.5 Å². The molecule has 0 aliphatic carbocycles. The number of aliphatic carboxylic acids is 1. The van der Waals surface area contributed by atoms with Crippen molar-refractivity contribution in [2.24, 2.45) is 0 Å². The first kappa shape index (κ1) is 41.7. The van der Waals surface area contributed by atoms with Crippen LogP contribution < -0.4 is 59.1 Å². The molecule has 0 fully saturated rings. The Kier molecular flexibility index (Phi) is 33.8. The van der Waals surface area contributed by atoms with Gasteiger partial charge in [-0.3, -0.25) is 14.2 Å². The van der Waals surface area contributed by atoms with Crippen LogP contribution in [0.25, 0.3) is 5.41 Å². The van der Waals surface area contributed by atoms with Crippen LogP contribution in [0, 0.1) is 11.3 Å². The molecule has 31 heavy (non-hydrogen) atoms. The summed E-state index contributed by atoms with van der Waals surface area (Å²) in [6, 6.07) is 1.64. The summed E-state index contributed by atoms with van der Waals surface area (Å²) in [6.45, 7) is 1.85. The average Bonchev–Trinajstić information content (AvgIpc) is 2.67. The van der Waals surface area contributed by atoms with E-state index < -0.39 is 22.3 Å². The topological polar surface area (TPSA) is 162 Å². The summed E-state index contributed by atoms with van der Waals surface area (Å²) in [5, 5.41) is 25.3. The van der Waals surface area contributed by atoms with Crippen molar-refractivity contribution in [3.05, 3.63) is 20.8 Å². The number of hydrogen-bond acceptors (Lipinski definition) is 12. The summed E-state index contributed by atoms with van der Waals surface area (Å²) in [7, 11) is -1.60. The molecule has 0 atom stereocenters. The van der Waals surface area contributed by atoms with Crippen molar-refractivity contribution in [1.82, 2.24) is 0 Å². The second-order valence-corrected chi connectivity index (χ2v) is 8.17. The minimum absolute atomic E-state index is 0. The number of esters is 1. The number of carbonyl (C=O) groups is 2. The number of carbonyl (C=O) groups excluding carboxylic acids is 1. The number of ether oxygens (including phenoxy) is 1. The number of thioether (sulfide) groups is 2. The van der Waals surface area contributed by atoms with E-state index in [2.05, 4.69) is 37.9 Å². The van der Waals surface area contributed by atoms with E-state index in [-0.39, 0.29) is 81.1 Å². The van der Waals surface area contributed by atoms with Gasteiger partial charge < -0.3 is 40.1 Å². The molecule has 0 rings (SSSR count). The third-order valence-electron chi connectivity index (χ3n) is 2.10. The molecule has 0 saturated carbocycles. The second kappa shape index (κ2) is 25.1. The van der Waals surface area contributed by atoms with E-state index >= 15 is 0 Å². The number of thiocarbonyl (C=S) groups is 1. The molecule has 10 nitrogen and oxygen atoms in total. The predicted octanol–water partition coefficient (Wildman–Crippen LogP) is -4.35. The molecule has 0 amide bonds. The maximum atomic E-state index is 10.8. The molecule has 0 aromatic heterocycles. The van der Waals surface area contributed by atoms with Gasteiger partial charge in [-0.25, -0.2) is 9.59 Å².